The van der Waals surface area contributed by atoms with Crippen LogP contribution in [0, 0.1) is 5.41 Å². The fraction of sp³-hybridized carbons (Fsp3) is 0.600. The summed E-state index contributed by atoms with van der Waals surface area (Å²) >= 11 is 2.06. The number of nitrogens with zero attached hydrogens (tertiary/aromatic N) is 1. The van der Waals surface area contributed by atoms with Crippen LogP contribution in [-0.2, 0) is 0 Å². The fourth-order valence-corrected chi connectivity index (χ4v) is 3.86. The van der Waals surface area contributed by atoms with Gasteiger partial charge in [-0.05, 0) is 35.8 Å². The minimum Gasteiger partial charge on any atom is -0.381 e. The predicted molar refractivity (Wildman–Crippen MR) is 83.9 cm³/mol. The van der Waals surface area contributed by atoms with E-state index in [1.165, 1.54) is 29.3 Å². The molecule has 1 saturated heterocycles. The number of thioether (sulfide) groups is 1. The van der Waals surface area contributed by atoms with Crippen LogP contribution in [0.15, 0.2) is 24.3 Å². The monoisotopic (exact) mass is 264 g/mol. The van der Waals surface area contributed by atoms with Gasteiger partial charge in [0.15, 0.2) is 0 Å². The van der Waals surface area contributed by atoms with Crippen molar-refractivity contribution in [3.05, 3.63) is 24.3 Å². The van der Waals surface area contributed by atoms with Crippen molar-refractivity contribution in [2.75, 3.05) is 35.8 Å². The first-order valence-corrected chi connectivity index (χ1v) is 7.76. The van der Waals surface area contributed by atoms with Crippen molar-refractivity contribution < 1.29 is 0 Å². The quantitative estimate of drug-likeness (QED) is 0.896. The molecule has 18 heavy (non-hydrogen) atoms. The van der Waals surface area contributed by atoms with Crippen LogP contribution in [0.1, 0.15) is 20.3 Å². The fourth-order valence-electron chi connectivity index (χ4n) is 2.25. The Morgan fingerprint density at radius 2 is 2.11 bits per heavy atom. The summed E-state index contributed by atoms with van der Waals surface area (Å²) < 4.78 is 0. The Bertz CT molecular complexity index is 401. The molecule has 1 unspecified atom stereocenters. The Morgan fingerprint density at radius 3 is 2.78 bits per heavy atom. The molecule has 1 heterocycles. The van der Waals surface area contributed by atoms with E-state index in [9.17, 15) is 0 Å². The molecule has 2 nitrogen and oxygen atoms in total. The summed E-state index contributed by atoms with van der Waals surface area (Å²) in [7, 11) is 4.17. The van der Waals surface area contributed by atoms with Crippen molar-refractivity contribution in [1.29, 1.82) is 0 Å². The third-order valence-corrected chi connectivity index (χ3v) is 4.88. The first kappa shape index (κ1) is 13.6. The summed E-state index contributed by atoms with van der Waals surface area (Å²) in [6, 6.07) is 9.23. The number of benzene rings is 1. The molecule has 0 amide bonds. The molecule has 0 radical (unpaired) electrons. The Morgan fingerprint density at radius 1 is 1.33 bits per heavy atom. The zero-order valence-corrected chi connectivity index (χ0v) is 12.7. The average molecular weight is 264 g/mol. The van der Waals surface area contributed by atoms with Crippen LogP contribution in [0.4, 0.5) is 11.4 Å². The lowest BCUT2D eigenvalue weighted by molar-refractivity contribution is 0.305. The topological polar surface area (TPSA) is 15.3 Å². The predicted octanol–water partition coefficient (Wildman–Crippen LogP) is 3.70. The first-order valence-electron chi connectivity index (χ1n) is 6.61. The SMILES string of the molecule is CN(C)c1cccc(NC2CSCCC2(C)C)c1. The number of hydrogen-bond donors (Lipinski definition) is 1. The first-order chi connectivity index (χ1) is 8.49. The van der Waals surface area contributed by atoms with Crippen molar-refractivity contribution in [3.8, 4) is 0 Å². The molecule has 1 N–H and O–H groups in total. The van der Waals surface area contributed by atoms with E-state index >= 15 is 0 Å². The molecule has 1 aliphatic rings. The summed E-state index contributed by atoms with van der Waals surface area (Å²) in [6.07, 6.45) is 1.29. The summed E-state index contributed by atoms with van der Waals surface area (Å²) in [5.41, 5.74) is 2.88. The van der Waals surface area contributed by atoms with Gasteiger partial charge in [0.2, 0.25) is 0 Å². The maximum absolute atomic E-state index is 3.72. The largest absolute Gasteiger partial charge is 0.381 e. The molecule has 1 fully saturated rings. The van der Waals surface area contributed by atoms with E-state index in [0.717, 1.165) is 0 Å². The minimum absolute atomic E-state index is 0.388. The highest BCUT2D eigenvalue weighted by molar-refractivity contribution is 7.99. The van der Waals surface area contributed by atoms with Gasteiger partial charge in [0, 0.05) is 37.3 Å². The van der Waals surface area contributed by atoms with E-state index in [0.29, 0.717) is 11.5 Å². The van der Waals surface area contributed by atoms with Crippen LogP contribution in [0.5, 0.6) is 0 Å². The van der Waals surface area contributed by atoms with Crippen molar-refractivity contribution in [1.82, 2.24) is 0 Å². The van der Waals surface area contributed by atoms with Gasteiger partial charge in [0.1, 0.15) is 0 Å². The maximum atomic E-state index is 3.72. The summed E-state index contributed by atoms with van der Waals surface area (Å²) in [6.45, 7) is 4.75. The molecule has 1 aromatic carbocycles. The highest BCUT2D eigenvalue weighted by Crippen LogP contribution is 2.36. The molecular weight excluding hydrogens is 240 g/mol. The van der Waals surface area contributed by atoms with Crippen molar-refractivity contribution in [2.45, 2.75) is 26.3 Å². The van der Waals surface area contributed by atoms with Gasteiger partial charge in [-0.15, -0.1) is 0 Å². The summed E-state index contributed by atoms with van der Waals surface area (Å²) in [5, 5.41) is 3.72. The van der Waals surface area contributed by atoms with Crippen LogP contribution in [0.3, 0.4) is 0 Å². The molecule has 2 rings (SSSR count). The van der Waals surface area contributed by atoms with Crippen LogP contribution in [0.2, 0.25) is 0 Å². The second kappa shape index (κ2) is 5.43. The molecule has 100 valence electrons. The Balaban J connectivity index is 2.11. The average Bonchev–Trinajstić information content (AvgIpc) is 2.32. The van der Waals surface area contributed by atoms with Gasteiger partial charge in [0.05, 0.1) is 0 Å². The normalized spacial score (nSPS) is 22.6. The molecule has 1 aromatic rings. The molecule has 1 atom stereocenters. The third-order valence-electron chi connectivity index (χ3n) is 3.82. The second-order valence-corrected chi connectivity index (χ2v) is 7.11. The van der Waals surface area contributed by atoms with E-state index < -0.39 is 0 Å². The van der Waals surface area contributed by atoms with Crippen molar-refractivity contribution >= 4 is 23.1 Å². The Labute approximate surface area is 115 Å². The molecular formula is C15H24N2S. The third kappa shape index (κ3) is 3.14. The highest BCUT2D eigenvalue weighted by atomic mass is 32.2. The second-order valence-electron chi connectivity index (χ2n) is 5.96. The molecule has 0 spiro atoms. The van der Waals surface area contributed by atoms with Crippen molar-refractivity contribution in [2.24, 2.45) is 5.41 Å². The minimum atomic E-state index is 0.388. The highest BCUT2D eigenvalue weighted by Gasteiger charge is 2.32. The molecule has 0 bridgehead atoms. The summed E-state index contributed by atoms with van der Waals surface area (Å²) in [4.78, 5) is 2.14. The van der Waals surface area contributed by atoms with Gasteiger partial charge >= 0.3 is 0 Å². The van der Waals surface area contributed by atoms with E-state index in [1.807, 2.05) is 0 Å². The molecule has 3 heteroatoms. The van der Waals surface area contributed by atoms with E-state index in [4.69, 9.17) is 0 Å². The van der Waals surface area contributed by atoms with Crippen LogP contribution >= 0.6 is 11.8 Å². The van der Waals surface area contributed by atoms with Gasteiger partial charge in [-0.2, -0.15) is 11.8 Å². The smallest absolute Gasteiger partial charge is 0.0403 e. The van der Waals surface area contributed by atoms with Crippen LogP contribution in [0.25, 0.3) is 0 Å². The Kier molecular flexibility index (Phi) is 4.10. The van der Waals surface area contributed by atoms with E-state index in [-0.39, 0.29) is 0 Å². The van der Waals surface area contributed by atoms with E-state index in [2.05, 4.69) is 74.2 Å². The zero-order valence-electron chi connectivity index (χ0n) is 11.9. The van der Waals surface area contributed by atoms with Crippen LogP contribution in [-0.4, -0.2) is 31.6 Å². The standard InChI is InChI=1S/C15H24N2S/c1-15(2)8-9-18-11-14(15)16-12-6-5-7-13(10-12)17(3)4/h5-7,10,14,16H,8-9,11H2,1-4H3. The lowest BCUT2D eigenvalue weighted by Gasteiger charge is -2.39. The lowest BCUT2D eigenvalue weighted by atomic mass is 9.82. The number of anilines is 2. The summed E-state index contributed by atoms with van der Waals surface area (Å²) in [5.74, 6) is 2.50. The Hall–Kier alpha value is -0.830. The number of rotatable bonds is 3. The number of hydrogen-bond acceptors (Lipinski definition) is 3. The van der Waals surface area contributed by atoms with Gasteiger partial charge in [-0.3, -0.25) is 0 Å². The zero-order chi connectivity index (χ0) is 13.2. The molecule has 1 aliphatic heterocycles. The molecule has 0 aromatic heterocycles. The molecule has 0 aliphatic carbocycles. The van der Waals surface area contributed by atoms with Gasteiger partial charge in [0.25, 0.3) is 0 Å². The lowest BCUT2D eigenvalue weighted by Crippen LogP contribution is -2.41. The van der Waals surface area contributed by atoms with Crippen molar-refractivity contribution in [3.63, 3.8) is 0 Å². The van der Waals surface area contributed by atoms with Gasteiger partial charge < -0.3 is 10.2 Å². The maximum Gasteiger partial charge on any atom is 0.0403 e. The van der Waals surface area contributed by atoms with Crippen LogP contribution < -0.4 is 10.2 Å². The van der Waals surface area contributed by atoms with Gasteiger partial charge in [-0.1, -0.05) is 19.9 Å². The molecule has 0 saturated carbocycles. The van der Waals surface area contributed by atoms with Gasteiger partial charge in [-0.25, -0.2) is 0 Å². The van der Waals surface area contributed by atoms with E-state index in [1.54, 1.807) is 0 Å². The number of nitrogens with one attached hydrogen (secondary N) is 1.